The molecule has 0 fully saturated rings. The smallest absolute Gasteiger partial charge is 0.257 e. The summed E-state index contributed by atoms with van der Waals surface area (Å²) in [7, 11) is 0. The molecule has 23 heavy (non-hydrogen) atoms. The van der Waals surface area contributed by atoms with Crippen molar-refractivity contribution in [2.75, 3.05) is 11.9 Å². The van der Waals surface area contributed by atoms with Gasteiger partial charge in [-0.1, -0.05) is 17.4 Å². The van der Waals surface area contributed by atoms with E-state index in [1.807, 2.05) is 30.3 Å². The molecule has 2 aromatic heterocycles. The van der Waals surface area contributed by atoms with Crippen molar-refractivity contribution in [3.05, 3.63) is 53.7 Å². The lowest BCUT2D eigenvalue weighted by molar-refractivity contribution is 0.102. The number of pyridine rings is 1. The van der Waals surface area contributed by atoms with Crippen LogP contribution in [0.25, 0.3) is 10.7 Å². The fourth-order valence-electron chi connectivity index (χ4n) is 2.36. The molecule has 1 amide bonds. The van der Waals surface area contributed by atoms with Crippen LogP contribution in [0.5, 0.6) is 5.75 Å². The lowest BCUT2D eigenvalue weighted by Gasteiger charge is -2.03. The van der Waals surface area contributed by atoms with E-state index < -0.39 is 0 Å². The van der Waals surface area contributed by atoms with Crippen LogP contribution in [-0.4, -0.2) is 27.7 Å². The fraction of sp³-hybridized carbons (Fsp3) is 0.125. The van der Waals surface area contributed by atoms with Crippen LogP contribution in [0.3, 0.4) is 0 Å². The number of hydrogen-bond acceptors (Lipinski definition) is 6. The topological polar surface area (TPSA) is 77.0 Å². The van der Waals surface area contributed by atoms with Crippen LogP contribution in [0.15, 0.2) is 42.6 Å². The number of amides is 1. The maximum absolute atomic E-state index is 12.3. The standard InChI is InChI=1S/C16H12N4O2S/c21-14(11-4-5-13-10(9-11)6-8-22-13)18-16-20-19-15(23-16)12-3-1-2-7-17-12/h1-5,7,9H,6,8H2,(H,18,20,21). The number of fused-ring (bicyclic) bond motifs is 1. The molecule has 0 spiro atoms. The van der Waals surface area contributed by atoms with E-state index in [1.165, 1.54) is 11.3 Å². The zero-order valence-electron chi connectivity index (χ0n) is 12.0. The molecule has 0 atom stereocenters. The maximum Gasteiger partial charge on any atom is 0.257 e. The van der Waals surface area contributed by atoms with E-state index >= 15 is 0 Å². The minimum atomic E-state index is -0.205. The third-order valence-corrected chi connectivity index (χ3v) is 4.34. The van der Waals surface area contributed by atoms with Gasteiger partial charge in [0.05, 0.1) is 6.61 Å². The van der Waals surface area contributed by atoms with Gasteiger partial charge in [-0.15, -0.1) is 10.2 Å². The van der Waals surface area contributed by atoms with Crippen molar-refractivity contribution in [2.45, 2.75) is 6.42 Å². The molecule has 0 saturated carbocycles. The average Bonchev–Trinajstić information content (AvgIpc) is 3.24. The molecule has 6 nitrogen and oxygen atoms in total. The first-order valence-corrected chi connectivity index (χ1v) is 7.93. The molecule has 1 aromatic carbocycles. The Morgan fingerprint density at radius 2 is 2.17 bits per heavy atom. The minimum Gasteiger partial charge on any atom is -0.493 e. The molecular formula is C16H12N4O2S. The number of rotatable bonds is 3. The third-order valence-electron chi connectivity index (χ3n) is 3.48. The second kappa shape index (κ2) is 5.77. The predicted octanol–water partition coefficient (Wildman–Crippen LogP) is 2.79. The van der Waals surface area contributed by atoms with E-state index in [2.05, 4.69) is 20.5 Å². The number of aromatic nitrogens is 3. The number of anilines is 1. The Bertz CT molecular complexity index is 864. The van der Waals surface area contributed by atoms with Crippen LogP contribution in [0.4, 0.5) is 5.13 Å². The summed E-state index contributed by atoms with van der Waals surface area (Å²) in [5.41, 5.74) is 2.38. The first-order chi connectivity index (χ1) is 11.3. The fourth-order valence-corrected chi connectivity index (χ4v) is 3.08. The van der Waals surface area contributed by atoms with Crippen molar-refractivity contribution >= 4 is 22.4 Å². The molecule has 0 unspecified atom stereocenters. The molecule has 0 saturated heterocycles. The van der Waals surface area contributed by atoms with E-state index in [0.29, 0.717) is 22.3 Å². The number of benzene rings is 1. The number of carbonyl (C=O) groups is 1. The Kier molecular flexibility index (Phi) is 3.47. The number of ether oxygens (including phenoxy) is 1. The molecule has 7 heteroatoms. The predicted molar refractivity (Wildman–Crippen MR) is 86.7 cm³/mol. The largest absolute Gasteiger partial charge is 0.493 e. The number of nitrogens with zero attached hydrogens (tertiary/aromatic N) is 3. The Labute approximate surface area is 136 Å². The van der Waals surface area contributed by atoms with E-state index in [-0.39, 0.29) is 5.91 Å². The van der Waals surface area contributed by atoms with Crippen molar-refractivity contribution in [1.29, 1.82) is 0 Å². The van der Waals surface area contributed by atoms with Crippen molar-refractivity contribution in [1.82, 2.24) is 15.2 Å². The quantitative estimate of drug-likeness (QED) is 0.801. The van der Waals surface area contributed by atoms with Crippen molar-refractivity contribution in [2.24, 2.45) is 0 Å². The van der Waals surface area contributed by atoms with Crippen molar-refractivity contribution < 1.29 is 9.53 Å². The molecule has 3 aromatic rings. The zero-order chi connectivity index (χ0) is 15.6. The van der Waals surface area contributed by atoms with Gasteiger partial charge in [-0.2, -0.15) is 0 Å². The van der Waals surface area contributed by atoms with Gasteiger partial charge in [0.2, 0.25) is 5.13 Å². The number of carbonyl (C=O) groups excluding carboxylic acids is 1. The Hall–Kier alpha value is -2.80. The van der Waals surface area contributed by atoms with Gasteiger partial charge in [0.1, 0.15) is 11.4 Å². The van der Waals surface area contributed by atoms with Gasteiger partial charge in [0.25, 0.3) is 5.91 Å². The highest BCUT2D eigenvalue weighted by Gasteiger charge is 2.16. The number of hydrogen-bond donors (Lipinski definition) is 1. The molecule has 0 aliphatic carbocycles. The minimum absolute atomic E-state index is 0.205. The lowest BCUT2D eigenvalue weighted by Crippen LogP contribution is -2.11. The SMILES string of the molecule is O=C(Nc1nnc(-c2ccccn2)s1)c1ccc2c(c1)CCO2. The second-order valence-electron chi connectivity index (χ2n) is 5.00. The molecule has 0 radical (unpaired) electrons. The van der Waals surface area contributed by atoms with Crippen LogP contribution in [-0.2, 0) is 6.42 Å². The van der Waals surface area contributed by atoms with Gasteiger partial charge < -0.3 is 4.74 Å². The van der Waals surface area contributed by atoms with Crippen LogP contribution in [0.2, 0.25) is 0 Å². The molecule has 3 heterocycles. The van der Waals surface area contributed by atoms with Crippen LogP contribution >= 0.6 is 11.3 Å². The normalized spacial score (nSPS) is 12.5. The maximum atomic E-state index is 12.3. The molecule has 1 aliphatic rings. The van der Waals surface area contributed by atoms with E-state index in [9.17, 15) is 4.79 Å². The summed E-state index contributed by atoms with van der Waals surface area (Å²) in [6.45, 7) is 0.671. The molecular weight excluding hydrogens is 312 g/mol. The first kappa shape index (κ1) is 13.8. The van der Waals surface area contributed by atoms with E-state index in [4.69, 9.17) is 4.74 Å². The summed E-state index contributed by atoms with van der Waals surface area (Å²) in [5, 5.41) is 12.0. The molecule has 1 aliphatic heterocycles. The molecule has 1 N–H and O–H groups in total. The molecule has 114 valence electrons. The highest BCUT2D eigenvalue weighted by atomic mass is 32.1. The summed E-state index contributed by atoms with van der Waals surface area (Å²) in [6.07, 6.45) is 2.53. The monoisotopic (exact) mass is 324 g/mol. The van der Waals surface area contributed by atoms with Gasteiger partial charge in [-0.25, -0.2) is 0 Å². The van der Waals surface area contributed by atoms with Crippen LogP contribution < -0.4 is 10.1 Å². The summed E-state index contributed by atoms with van der Waals surface area (Å²) < 4.78 is 5.44. The zero-order valence-corrected chi connectivity index (χ0v) is 12.8. The van der Waals surface area contributed by atoms with Crippen molar-refractivity contribution in [3.63, 3.8) is 0 Å². The highest BCUT2D eigenvalue weighted by molar-refractivity contribution is 7.18. The second-order valence-corrected chi connectivity index (χ2v) is 5.98. The number of nitrogens with one attached hydrogen (secondary N) is 1. The lowest BCUT2D eigenvalue weighted by atomic mass is 10.1. The van der Waals surface area contributed by atoms with Gasteiger partial charge in [0, 0.05) is 18.2 Å². The Balaban J connectivity index is 1.52. The average molecular weight is 324 g/mol. The Morgan fingerprint density at radius 1 is 1.22 bits per heavy atom. The summed E-state index contributed by atoms with van der Waals surface area (Å²) in [4.78, 5) is 16.6. The van der Waals surface area contributed by atoms with E-state index in [0.717, 1.165) is 23.4 Å². The highest BCUT2D eigenvalue weighted by Crippen LogP contribution is 2.27. The summed E-state index contributed by atoms with van der Waals surface area (Å²) in [6, 6.07) is 11.0. The molecule has 0 bridgehead atoms. The summed E-state index contributed by atoms with van der Waals surface area (Å²) in [5.74, 6) is 0.651. The van der Waals surface area contributed by atoms with E-state index in [1.54, 1.807) is 12.3 Å². The summed E-state index contributed by atoms with van der Waals surface area (Å²) >= 11 is 1.29. The third kappa shape index (κ3) is 2.78. The van der Waals surface area contributed by atoms with Gasteiger partial charge >= 0.3 is 0 Å². The first-order valence-electron chi connectivity index (χ1n) is 7.11. The van der Waals surface area contributed by atoms with Crippen LogP contribution in [0, 0.1) is 0 Å². The Morgan fingerprint density at radius 3 is 3.04 bits per heavy atom. The van der Waals surface area contributed by atoms with Crippen LogP contribution in [0.1, 0.15) is 15.9 Å². The van der Waals surface area contributed by atoms with Crippen molar-refractivity contribution in [3.8, 4) is 16.5 Å². The van der Waals surface area contributed by atoms with Gasteiger partial charge in [-0.05, 0) is 35.9 Å². The van der Waals surface area contributed by atoms with Gasteiger partial charge in [0.15, 0.2) is 5.01 Å². The van der Waals surface area contributed by atoms with Gasteiger partial charge in [-0.3, -0.25) is 15.1 Å². The molecule has 4 rings (SSSR count).